The molecule has 4 rings (SSSR count). The summed E-state index contributed by atoms with van der Waals surface area (Å²) in [5.41, 5.74) is 1.08. The molecule has 0 aromatic heterocycles. The van der Waals surface area contributed by atoms with Crippen LogP contribution in [0.3, 0.4) is 0 Å². The summed E-state index contributed by atoms with van der Waals surface area (Å²) in [5, 5.41) is 24.3. The van der Waals surface area contributed by atoms with Crippen LogP contribution in [0.15, 0.2) is 12.1 Å². The number of nitro groups is 1. The van der Waals surface area contributed by atoms with Crippen molar-refractivity contribution in [1.82, 2.24) is 0 Å². The molecular weight excluding hydrogens is 274 g/mol. The number of rotatable bonds is 3. The van der Waals surface area contributed by atoms with Crippen molar-refractivity contribution in [3.63, 3.8) is 0 Å². The fourth-order valence-electron chi connectivity index (χ4n) is 3.31. The summed E-state index contributed by atoms with van der Waals surface area (Å²) < 4.78 is 0. The number of benzene rings is 1. The first-order valence-electron chi connectivity index (χ1n) is 7.05. The van der Waals surface area contributed by atoms with Crippen LogP contribution in [0, 0.1) is 16.0 Å². The lowest BCUT2D eigenvalue weighted by Gasteiger charge is -2.48. The number of fused-ring (bicyclic) bond motifs is 1. The zero-order chi connectivity index (χ0) is 14.8. The van der Waals surface area contributed by atoms with Gasteiger partial charge in [-0.05, 0) is 30.4 Å². The van der Waals surface area contributed by atoms with Gasteiger partial charge in [-0.3, -0.25) is 14.9 Å². The number of anilines is 2. The Balaban J connectivity index is 1.67. The number of amides is 1. The van der Waals surface area contributed by atoms with Crippen LogP contribution in [0.4, 0.5) is 17.1 Å². The monoisotopic (exact) mass is 289 g/mol. The molecule has 1 aromatic rings. The number of nitro benzene ring substituents is 1. The number of hydrogen-bond donors (Lipinski definition) is 2. The normalized spacial score (nSPS) is 22.5. The molecule has 1 aliphatic carbocycles. The first-order valence-corrected chi connectivity index (χ1v) is 7.05. The Kier molecular flexibility index (Phi) is 2.36. The molecule has 0 unspecified atom stereocenters. The second kappa shape index (κ2) is 3.94. The molecule has 7 heteroatoms. The fourth-order valence-corrected chi connectivity index (χ4v) is 3.31. The molecule has 1 saturated carbocycles. The average Bonchev–Trinajstić information content (AvgIpc) is 3.16. The maximum atomic E-state index is 11.4. The number of β-amino-alcohol motifs (C(OH)–C–C–N with tert-alkyl or cyclic N) is 1. The van der Waals surface area contributed by atoms with Gasteiger partial charge in [0, 0.05) is 24.8 Å². The van der Waals surface area contributed by atoms with Crippen LogP contribution in [0.2, 0.25) is 0 Å². The highest BCUT2D eigenvalue weighted by atomic mass is 16.6. The molecule has 1 saturated heterocycles. The van der Waals surface area contributed by atoms with Gasteiger partial charge in [-0.25, -0.2) is 0 Å². The lowest BCUT2D eigenvalue weighted by molar-refractivity contribution is -0.384. The number of carbonyl (C=O) groups is 1. The van der Waals surface area contributed by atoms with Crippen LogP contribution in [-0.2, 0) is 11.2 Å². The van der Waals surface area contributed by atoms with Crippen molar-refractivity contribution >= 4 is 23.0 Å². The predicted octanol–water partition coefficient (Wildman–Crippen LogP) is 1.05. The van der Waals surface area contributed by atoms with Gasteiger partial charge in [-0.15, -0.1) is 0 Å². The molecule has 2 heterocycles. The van der Waals surface area contributed by atoms with Gasteiger partial charge >= 0.3 is 0 Å². The van der Waals surface area contributed by atoms with Crippen molar-refractivity contribution in [3.8, 4) is 0 Å². The van der Waals surface area contributed by atoms with Gasteiger partial charge in [-0.1, -0.05) is 0 Å². The molecule has 7 nitrogen and oxygen atoms in total. The van der Waals surface area contributed by atoms with E-state index in [0.29, 0.717) is 35.9 Å². The van der Waals surface area contributed by atoms with Crippen molar-refractivity contribution in [2.75, 3.05) is 23.3 Å². The molecule has 1 amide bonds. The molecule has 110 valence electrons. The maximum Gasteiger partial charge on any atom is 0.292 e. The minimum atomic E-state index is -0.698. The molecule has 3 aliphatic rings. The second-order valence-corrected chi connectivity index (χ2v) is 6.21. The number of nitrogens with one attached hydrogen (secondary N) is 1. The van der Waals surface area contributed by atoms with Gasteiger partial charge in [-0.2, -0.15) is 0 Å². The van der Waals surface area contributed by atoms with E-state index in [1.807, 2.05) is 4.90 Å². The zero-order valence-electron chi connectivity index (χ0n) is 11.3. The Morgan fingerprint density at radius 2 is 2.10 bits per heavy atom. The van der Waals surface area contributed by atoms with Crippen LogP contribution in [0.5, 0.6) is 0 Å². The summed E-state index contributed by atoms with van der Waals surface area (Å²) >= 11 is 0. The summed E-state index contributed by atoms with van der Waals surface area (Å²) in [6.07, 6.45) is 2.25. The van der Waals surface area contributed by atoms with E-state index in [0.717, 1.165) is 12.8 Å². The van der Waals surface area contributed by atoms with E-state index in [1.165, 1.54) is 6.07 Å². The summed E-state index contributed by atoms with van der Waals surface area (Å²) in [4.78, 5) is 24.1. The van der Waals surface area contributed by atoms with Crippen LogP contribution in [0.25, 0.3) is 0 Å². The van der Waals surface area contributed by atoms with E-state index in [4.69, 9.17) is 0 Å². The molecular formula is C14H15N3O4. The van der Waals surface area contributed by atoms with Crippen molar-refractivity contribution in [2.45, 2.75) is 24.9 Å². The number of nitrogens with zero attached hydrogens (tertiary/aromatic N) is 2. The molecule has 0 spiro atoms. The first-order chi connectivity index (χ1) is 9.96. The van der Waals surface area contributed by atoms with E-state index in [-0.39, 0.29) is 18.0 Å². The standard InChI is InChI=1S/C14H15N3O4/c18-13-4-8-3-12(17(20)21)11(5-10(8)15-13)16-6-14(19,7-16)9-1-2-9/h3,5,9,19H,1-2,4,6-7H2,(H,15,18). The van der Waals surface area contributed by atoms with Crippen LogP contribution < -0.4 is 10.2 Å². The molecule has 21 heavy (non-hydrogen) atoms. The Labute approximate surface area is 120 Å². The smallest absolute Gasteiger partial charge is 0.292 e. The molecule has 0 radical (unpaired) electrons. The minimum absolute atomic E-state index is 0.00287. The summed E-state index contributed by atoms with van der Waals surface area (Å²) in [6, 6.07) is 3.13. The summed E-state index contributed by atoms with van der Waals surface area (Å²) in [5.74, 6) is 0.191. The number of hydrogen-bond acceptors (Lipinski definition) is 5. The quantitative estimate of drug-likeness (QED) is 0.640. The average molecular weight is 289 g/mol. The van der Waals surface area contributed by atoms with E-state index in [9.17, 15) is 20.0 Å². The van der Waals surface area contributed by atoms with E-state index in [1.54, 1.807) is 6.07 Å². The van der Waals surface area contributed by atoms with Gasteiger partial charge in [0.1, 0.15) is 11.3 Å². The number of carbonyl (C=O) groups excluding carboxylic acids is 1. The molecule has 2 fully saturated rings. The van der Waals surface area contributed by atoms with Gasteiger partial charge in [0.2, 0.25) is 5.91 Å². The van der Waals surface area contributed by atoms with E-state index in [2.05, 4.69) is 5.32 Å². The van der Waals surface area contributed by atoms with Crippen LogP contribution in [0.1, 0.15) is 18.4 Å². The molecule has 1 aromatic carbocycles. The Morgan fingerprint density at radius 1 is 1.38 bits per heavy atom. The maximum absolute atomic E-state index is 11.4. The zero-order valence-corrected chi connectivity index (χ0v) is 11.3. The minimum Gasteiger partial charge on any atom is -0.386 e. The predicted molar refractivity (Wildman–Crippen MR) is 75.3 cm³/mol. The van der Waals surface area contributed by atoms with Crippen molar-refractivity contribution in [2.24, 2.45) is 5.92 Å². The Morgan fingerprint density at radius 3 is 2.71 bits per heavy atom. The number of aliphatic hydroxyl groups is 1. The third-order valence-corrected chi connectivity index (χ3v) is 4.63. The topological polar surface area (TPSA) is 95.7 Å². The summed E-state index contributed by atoms with van der Waals surface area (Å²) in [6.45, 7) is 0.844. The molecule has 0 bridgehead atoms. The van der Waals surface area contributed by atoms with Gasteiger partial charge in [0.15, 0.2) is 0 Å². The SMILES string of the molecule is O=C1Cc2cc([N+](=O)[O-])c(N3CC(O)(C4CC4)C3)cc2N1. The van der Waals surface area contributed by atoms with E-state index >= 15 is 0 Å². The lowest BCUT2D eigenvalue weighted by atomic mass is 9.88. The third kappa shape index (κ3) is 1.88. The second-order valence-electron chi connectivity index (χ2n) is 6.21. The molecule has 2 N–H and O–H groups in total. The third-order valence-electron chi connectivity index (χ3n) is 4.63. The fraction of sp³-hybridized carbons (Fsp3) is 0.500. The highest BCUT2D eigenvalue weighted by Crippen LogP contribution is 2.48. The van der Waals surface area contributed by atoms with Crippen LogP contribution in [-0.4, -0.2) is 34.6 Å². The highest BCUT2D eigenvalue weighted by Gasteiger charge is 2.53. The largest absolute Gasteiger partial charge is 0.386 e. The Bertz CT molecular complexity index is 662. The first kappa shape index (κ1) is 12.6. The Hall–Kier alpha value is -2.15. The van der Waals surface area contributed by atoms with Crippen LogP contribution >= 0.6 is 0 Å². The summed E-state index contributed by atoms with van der Waals surface area (Å²) in [7, 11) is 0. The van der Waals surface area contributed by atoms with E-state index < -0.39 is 10.5 Å². The molecule has 2 aliphatic heterocycles. The van der Waals surface area contributed by atoms with Crippen molar-refractivity contribution < 1.29 is 14.8 Å². The van der Waals surface area contributed by atoms with Gasteiger partial charge < -0.3 is 15.3 Å². The van der Waals surface area contributed by atoms with Crippen molar-refractivity contribution in [1.29, 1.82) is 0 Å². The molecule has 0 atom stereocenters. The van der Waals surface area contributed by atoms with Crippen molar-refractivity contribution in [3.05, 3.63) is 27.8 Å². The van der Waals surface area contributed by atoms with Gasteiger partial charge in [0.05, 0.1) is 11.3 Å². The highest BCUT2D eigenvalue weighted by molar-refractivity contribution is 6.00. The van der Waals surface area contributed by atoms with Gasteiger partial charge in [0.25, 0.3) is 5.69 Å². The lowest BCUT2D eigenvalue weighted by Crippen LogP contribution is -2.63.